The maximum Gasteiger partial charge on any atom is 0.227 e. The molecule has 19 heavy (non-hydrogen) atoms. The van der Waals surface area contributed by atoms with Gasteiger partial charge in [0.05, 0.1) is 0 Å². The molecule has 0 aliphatic heterocycles. The van der Waals surface area contributed by atoms with Crippen LogP contribution in [0.15, 0.2) is 24.3 Å². The fraction of sp³-hybridized carbons (Fsp3) is 0.467. The lowest BCUT2D eigenvalue weighted by Gasteiger charge is -2.15. The van der Waals surface area contributed by atoms with Crippen LogP contribution in [0.3, 0.4) is 0 Å². The summed E-state index contributed by atoms with van der Waals surface area (Å²) in [7, 11) is 0. The van der Waals surface area contributed by atoms with E-state index in [2.05, 4.69) is 19.2 Å². The molecule has 1 amide bonds. The number of benzene rings is 1. The highest BCUT2D eigenvalue weighted by molar-refractivity contribution is 7.80. The third kappa shape index (κ3) is 4.99. The number of rotatable bonds is 7. The molecule has 0 aliphatic carbocycles. The van der Waals surface area contributed by atoms with Crippen molar-refractivity contribution in [1.82, 2.24) is 0 Å². The first kappa shape index (κ1) is 15.6. The Morgan fingerprint density at radius 3 is 2.16 bits per heavy atom. The van der Waals surface area contributed by atoms with Crippen LogP contribution in [0.5, 0.6) is 0 Å². The van der Waals surface area contributed by atoms with E-state index in [-0.39, 0.29) is 11.8 Å². The Morgan fingerprint density at radius 2 is 1.74 bits per heavy atom. The van der Waals surface area contributed by atoms with Gasteiger partial charge in [-0.05, 0) is 37.1 Å². The molecule has 0 saturated carbocycles. The number of thiocarbonyl (C=S) groups is 1. The van der Waals surface area contributed by atoms with Crippen LogP contribution >= 0.6 is 12.2 Å². The smallest absolute Gasteiger partial charge is 0.227 e. The van der Waals surface area contributed by atoms with Gasteiger partial charge < -0.3 is 11.1 Å². The number of nitrogens with two attached hydrogens (primary N) is 1. The van der Waals surface area contributed by atoms with Crippen LogP contribution in [0.25, 0.3) is 0 Å². The predicted octanol–water partition coefficient (Wildman–Crippen LogP) is 3.48. The molecule has 0 spiro atoms. The summed E-state index contributed by atoms with van der Waals surface area (Å²) < 4.78 is 0. The van der Waals surface area contributed by atoms with Gasteiger partial charge in [0.1, 0.15) is 4.99 Å². The minimum absolute atomic E-state index is 0.102. The summed E-state index contributed by atoms with van der Waals surface area (Å²) in [6, 6.07) is 7.32. The second-order valence-electron chi connectivity index (χ2n) is 4.71. The highest BCUT2D eigenvalue weighted by atomic mass is 32.1. The van der Waals surface area contributed by atoms with E-state index in [0.29, 0.717) is 4.99 Å². The van der Waals surface area contributed by atoms with Crippen molar-refractivity contribution in [3.63, 3.8) is 0 Å². The van der Waals surface area contributed by atoms with Gasteiger partial charge in [-0.3, -0.25) is 4.79 Å². The SMILES string of the molecule is CCCC(CCC)C(=O)Nc1ccc(C(N)=S)cc1. The third-order valence-corrected chi connectivity index (χ3v) is 3.32. The molecule has 0 aromatic heterocycles. The van der Waals surface area contributed by atoms with Gasteiger partial charge in [0.2, 0.25) is 5.91 Å². The van der Waals surface area contributed by atoms with Gasteiger partial charge in [-0.2, -0.15) is 0 Å². The van der Waals surface area contributed by atoms with E-state index in [1.807, 2.05) is 24.3 Å². The lowest BCUT2D eigenvalue weighted by atomic mass is 9.97. The zero-order valence-corrected chi connectivity index (χ0v) is 12.4. The number of carbonyl (C=O) groups excluding carboxylic acids is 1. The highest BCUT2D eigenvalue weighted by Crippen LogP contribution is 2.17. The lowest BCUT2D eigenvalue weighted by Crippen LogP contribution is -2.22. The standard InChI is InChI=1S/C15H22N2OS/c1-3-5-12(6-4-2)15(18)17-13-9-7-11(8-10-13)14(16)19/h7-10,12H,3-6H2,1-2H3,(H2,16,19)(H,17,18). The summed E-state index contributed by atoms with van der Waals surface area (Å²) >= 11 is 4.89. The quantitative estimate of drug-likeness (QED) is 0.751. The summed E-state index contributed by atoms with van der Waals surface area (Å²) in [6.07, 6.45) is 3.92. The van der Waals surface area contributed by atoms with E-state index in [9.17, 15) is 4.79 Å². The molecular formula is C15H22N2OS. The molecule has 104 valence electrons. The average molecular weight is 278 g/mol. The summed E-state index contributed by atoms with van der Waals surface area (Å²) in [5, 5.41) is 2.95. The van der Waals surface area contributed by atoms with Crippen LogP contribution in [0.4, 0.5) is 5.69 Å². The molecule has 0 bridgehead atoms. The Bertz CT molecular complexity index is 422. The van der Waals surface area contributed by atoms with Gasteiger partial charge >= 0.3 is 0 Å². The largest absolute Gasteiger partial charge is 0.389 e. The van der Waals surface area contributed by atoms with Crippen LogP contribution in [-0.4, -0.2) is 10.9 Å². The molecule has 3 nitrogen and oxygen atoms in total. The fourth-order valence-electron chi connectivity index (χ4n) is 2.07. The second kappa shape index (κ2) is 7.89. The van der Waals surface area contributed by atoms with Crippen molar-refractivity contribution >= 4 is 28.8 Å². The first-order valence-electron chi connectivity index (χ1n) is 6.79. The Labute approximate surface area is 120 Å². The maximum atomic E-state index is 12.1. The number of hydrogen-bond acceptors (Lipinski definition) is 2. The van der Waals surface area contributed by atoms with Crippen molar-refractivity contribution in [3.8, 4) is 0 Å². The van der Waals surface area contributed by atoms with Crippen LogP contribution in [0.2, 0.25) is 0 Å². The molecule has 1 aromatic rings. The number of carbonyl (C=O) groups is 1. The molecule has 0 aliphatic rings. The monoisotopic (exact) mass is 278 g/mol. The Balaban J connectivity index is 2.66. The Kier molecular flexibility index (Phi) is 6.50. The molecule has 0 unspecified atom stereocenters. The number of hydrogen-bond donors (Lipinski definition) is 2. The van der Waals surface area contributed by atoms with E-state index in [1.165, 1.54) is 0 Å². The van der Waals surface area contributed by atoms with E-state index in [1.54, 1.807) is 0 Å². The van der Waals surface area contributed by atoms with Gasteiger partial charge in [-0.15, -0.1) is 0 Å². The minimum Gasteiger partial charge on any atom is -0.389 e. The highest BCUT2D eigenvalue weighted by Gasteiger charge is 2.16. The normalized spacial score (nSPS) is 10.5. The zero-order chi connectivity index (χ0) is 14.3. The van der Waals surface area contributed by atoms with E-state index in [4.69, 9.17) is 18.0 Å². The topological polar surface area (TPSA) is 55.1 Å². The van der Waals surface area contributed by atoms with Gasteiger partial charge in [-0.1, -0.05) is 38.9 Å². The van der Waals surface area contributed by atoms with Crippen molar-refractivity contribution < 1.29 is 4.79 Å². The lowest BCUT2D eigenvalue weighted by molar-refractivity contribution is -0.120. The summed E-state index contributed by atoms with van der Waals surface area (Å²) in [6.45, 7) is 4.21. The van der Waals surface area contributed by atoms with Gasteiger partial charge in [-0.25, -0.2) is 0 Å². The first-order valence-corrected chi connectivity index (χ1v) is 7.20. The summed E-state index contributed by atoms with van der Waals surface area (Å²) in [4.78, 5) is 12.5. The second-order valence-corrected chi connectivity index (χ2v) is 5.14. The van der Waals surface area contributed by atoms with Crippen molar-refractivity contribution in [2.24, 2.45) is 11.7 Å². The Hall–Kier alpha value is -1.42. The first-order chi connectivity index (χ1) is 9.08. The summed E-state index contributed by atoms with van der Waals surface area (Å²) in [5.74, 6) is 0.206. The molecule has 1 rings (SSSR count). The maximum absolute atomic E-state index is 12.1. The number of nitrogens with one attached hydrogen (secondary N) is 1. The van der Waals surface area contributed by atoms with Crippen molar-refractivity contribution in [2.75, 3.05) is 5.32 Å². The van der Waals surface area contributed by atoms with Crippen LogP contribution in [0.1, 0.15) is 45.1 Å². The average Bonchev–Trinajstić information content (AvgIpc) is 2.39. The van der Waals surface area contributed by atoms with E-state index >= 15 is 0 Å². The molecular weight excluding hydrogens is 256 g/mol. The van der Waals surface area contributed by atoms with E-state index < -0.39 is 0 Å². The third-order valence-electron chi connectivity index (χ3n) is 3.08. The van der Waals surface area contributed by atoms with Gasteiger partial charge in [0.25, 0.3) is 0 Å². The van der Waals surface area contributed by atoms with Crippen molar-refractivity contribution in [2.45, 2.75) is 39.5 Å². The Morgan fingerprint density at radius 1 is 1.21 bits per heavy atom. The van der Waals surface area contributed by atoms with Gasteiger partial charge in [0, 0.05) is 17.2 Å². The fourth-order valence-corrected chi connectivity index (χ4v) is 2.20. The van der Waals surface area contributed by atoms with E-state index in [0.717, 1.165) is 36.9 Å². The molecule has 4 heteroatoms. The summed E-state index contributed by atoms with van der Waals surface area (Å²) in [5.41, 5.74) is 7.14. The van der Waals surface area contributed by atoms with Gasteiger partial charge in [0.15, 0.2) is 0 Å². The molecule has 0 fully saturated rings. The number of anilines is 1. The van der Waals surface area contributed by atoms with Crippen LogP contribution in [-0.2, 0) is 4.79 Å². The molecule has 0 radical (unpaired) electrons. The van der Waals surface area contributed by atoms with Crippen molar-refractivity contribution in [3.05, 3.63) is 29.8 Å². The van der Waals surface area contributed by atoms with Crippen LogP contribution in [0, 0.1) is 5.92 Å². The van der Waals surface area contributed by atoms with Crippen molar-refractivity contribution in [1.29, 1.82) is 0 Å². The molecule has 3 N–H and O–H groups in total. The number of amides is 1. The molecule has 1 aromatic carbocycles. The molecule has 0 saturated heterocycles. The van der Waals surface area contributed by atoms with Crippen LogP contribution < -0.4 is 11.1 Å². The zero-order valence-electron chi connectivity index (χ0n) is 11.6. The minimum atomic E-state index is 0.102. The molecule has 0 atom stereocenters. The molecule has 0 heterocycles. The predicted molar refractivity (Wildman–Crippen MR) is 84.3 cm³/mol.